The standard InChI is InChI=1S/C22H20FN5O2/c1-16-6-2-5-9-21(16)30-15-27-11-10-20(26-27)22(29)25-18-12-24-28(14-18)13-17-7-3-4-8-19(17)23/h2-12,14H,13,15H2,1H3,(H,25,29). The molecule has 4 rings (SSSR count). The van der Waals surface area contributed by atoms with Crippen molar-refractivity contribution in [2.24, 2.45) is 0 Å². The molecule has 0 radical (unpaired) electrons. The monoisotopic (exact) mass is 405 g/mol. The van der Waals surface area contributed by atoms with Crippen molar-refractivity contribution in [1.82, 2.24) is 19.6 Å². The first-order chi connectivity index (χ1) is 14.6. The minimum atomic E-state index is -0.366. The molecule has 1 N–H and O–H groups in total. The molecule has 0 aliphatic carbocycles. The number of para-hydroxylation sites is 1. The van der Waals surface area contributed by atoms with Gasteiger partial charge in [-0.3, -0.25) is 9.48 Å². The highest BCUT2D eigenvalue weighted by molar-refractivity contribution is 6.02. The lowest BCUT2D eigenvalue weighted by Crippen LogP contribution is -2.14. The molecule has 0 atom stereocenters. The van der Waals surface area contributed by atoms with Crippen LogP contribution in [0.25, 0.3) is 0 Å². The van der Waals surface area contributed by atoms with Crippen LogP contribution < -0.4 is 10.1 Å². The fraction of sp³-hybridized carbons (Fsp3) is 0.136. The van der Waals surface area contributed by atoms with Crippen LogP contribution in [-0.4, -0.2) is 25.5 Å². The van der Waals surface area contributed by atoms with E-state index in [2.05, 4.69) is 15.5 Å². The summed E-state index contributed by atoms with van der Waals surface area (Å²) < 4.78 is 22.6. The van der Waals surface area contributed by atoms with E-state index in [-0.39, 0.29) is 30.7 Å². The minimum absolute atomic E-state index is 0.193. The van der Waals surface area contributed by atoms with Crippen molar-refractivity contribution in [3.05, 3.63) is 95.8 Å². The molecular weight excluding hydrogens is 385 g/mol. The van der Waals surface area contributed by atoms with Crippen molar-refractivity contribution in [3.63, 3.8) is 0 Å². The van der Waals surface area contributed by atoms with E-state index in [0.29, 0.717) is 11.3 Å². The van der Waals surface area contributed by atoms with Gasteiger partial charge in [0.05, 0.1) is 18.4 Å². The van der Waals surface area contributed by atoms with E-state index in [0.717, 1.165) is 11.3 Å². The molecule has 2 heterocycles. The lowest BCUT2D eigenvalue weighted by molar-refractivity contribution is 0.102. The maximum absolute atomic E-state index is 13.8. The number of nitrogens with one attached hydrogen (secondary N) is 1. The van der Waals surface area contributed by atoms with Crippen LogP contribution in [0, 0.1) is 12.7 Å². The zero-order chi connectivity index (χ0) is 20.9. The highest BCUT2D eigenvalue weighted by Crippen LogP contribution is 2.17. The van der Waals surface area contributed by atoms with Gasteiger partial charge < -0.3 is 10.1 Å². The fourth-order valence-electron chi connectivity index (χ4n) is 2.92. The average Bonchev–Trinajstić information content (AvgIpc) is 3.39. The number of carbonyl (C=O) groups excluding carboxylic acids is 1. The Morgan fingerprint density at radius 2 is 1.90 bits per heavy atom. The van der Waals surface area contributed by atoms with Gasteiger partial charge in [0.15, 0.2) is 12.4 Å². The Balaban J connectivity index is 1.35. The summed E-state index contributed by atoms with van der Waals surface area (Å²) in [5, 5.41) is 11.1. The number of halogens is 1. The number of rotatable bonds is 7. The van der Waals surface area contributed by atoms with Crippen molar-refractivity contribution >= 4 is 11.6 Å². The third kappa shape index (κ3) is 4.54. The molecule has 152 valence electrons. The second kappa shape index (κ2) is 8.60. The molecule has 7 nitrogen and oxygen atoms in total. The Kier molecular flexibility index (Phi) is 5.56. The molecule has 2 aromatic heterocycles. The van der Waals surface area contributed by atoms with Crippen molar-refractivity contribution in [2.75, 3.05) is 5.32 Å². The number of aromatic nitrogens is 4. The predicted molar refractivity (Wildman–Crippen MR) is 110 cm³/mol. The molecule has 2 aromatic carbocycles. The van der Waals surface area contributed by atoms with Gasteiger partial charge in [-0.1, -0.05) is 36.4 Å². The van der Waals surface area contributed by atoms with Gasteiger partial charge in [-0.2, -0.15) is 10.2 Å². The van der Waals surface area contributed by atoms with Gasteiger partial charge in [0.1, 0.15) is 11.6 Å². The van der Waals surface area contributed by atoms with E-state index in [1.54, 1.807) is 46.0 Å². The van der Waals surface area contributed by atoms with E-state index in [1.807, 2.05) is 31.2 Å². The number of hydrogen-bond donors (Lipinski definition) is 1. The molecule has 0 aliphatic rings. The van der Waals surface area contributed by atoms with Crippen molar-refractivity contribution in [3.8, 4) is 5.75 Å². The highest BCUT2D eigenvalue weighted by atomic mass is 19.1. The van der Waals surface area contributed by atoms with Gasteiger partial charge in [-0.15, -0.1) is 0 Å². The molecule has 8 heteroatoms. The predicted octanol–water partition coefficient (Wildman–Crippen LogP) is 3.86. The molecule has 0 bridgehead atoms. The number of carbonyl (C=O) groups is 1. The minimum Gasteiger partial charge on any atom is -0.471 e. The lowest BCUT2D eigenvalue weighted by Gasteiger charge is -2.08. The van der Waals surface area contributed by atoms with Crippen LogP contribution in [0.15, 0.2) is 73.2 Å². The number of nitrogens with zero attached hydrogens (tertiary/aromatic N) is 4. The van der Waals surface area contributed by atoms with E-state index in [9.17, 15) is 9.18 Å². The largest absolute Gasteiger partial charge is 0.471 e. The van der Waals surface area contributed by atoms with Crippen LogP contribution in [0.3, 0.4) is 0 Å². The normalized spacial score (nSPS) is 10.7. The zero-order valence-corrected chi connectivity index (χ0v) is 16.3. The number of benzene rings is 2. The van der Waals surface area contributed by atoms with E-state index in [4.69, 9.17) is 4.74 Å². The van der Waals surface area contributed by atoms with Gasteiger partial charge in [0.25, 0.3) is 5.91 Å². The lowest BCUT2D eigenvalue weighted by atomic mass is 10.2. The summed E-state index contributed by atoms with van der Waals surface area (Å²) in [6, 6.07) is 15.8. The molecule has 0 fully saturated rings. The quantitative estimate of drug-likeness (QED) is 0.507. The SMILES string of the molecule is Cc1ccccc1OCn1ccc(C(=O)Nc2cnn(Cc3ccccc3F)c2)n1. The molecule has 0 unspecified atom stereocenters. The molecule has 1 amide bonds. The van der Waals surface area contributed by atoms with E-state index in [1.165, 1.54) is 12.3 Å². The average molecular weight is 405 g/mol. The maximum atomic E-state index is 13.8. The summed E-state index contributed by atoms with van der Waals surface area (Å²) in [5.41, 5.74) is 2.30. The summed E-state index contributed by atoms with van der Waals surface area (Å²) in [5.74, 6) is 0.105. The van der Waals surface area contributed by atoms with Crippen LogP contribution in [0.1, 0.15) is 21.6 Å². The van der Waals surface area contributed by atoms with Gasteiger partial charge in [0.2, 0.25) is 0 Å². The number of ether oxygens (including phenoxy) is 1. The van der Waals surface area contributed by atoms with Gasteiger partial charge in [0, 0.05) is 18.0 Å². The Morgan fingerprint density at radius 1 is 1.10 bits per heavy atom. The van der Waals surface area contributed by atoms with Crippen LogP contribution in [-0.2, 0) is 13.3 Å². The molecule has 4 aromatic rings. The summed E-state index contributed by atoms with van der Waals surface area (Å²) >= 11 is 0. The molecule has 0 spiro atoms. The Labute approximate surface area is 172 Å². The van der Waals surface area contributed by atoms with E-state index >= 15 is 0 Å². The van der Waals surface area contributed by atoms with Crippen LogP contribution in [0.5, 0.6) is 5.75 Å². The Bertz CT molecular complexity index is 1170. The number of hydrogen-bond acceptors (Lipinski definition) is 4. The van der Waals surface area contributed by atoms with Crippen molar-refractivity contribution in [2.45, 2.75) is 20.2 Å². The first kappa shape index (κ1) is 19.4. The fourth-order valence-corrected chi connectivity index (χ4v) is 2.92. The zero-order valence-electron chi connectivity index (χ0n) is 16.3. The molecule has 0 aliphatic heterocycles. The maximum Gasteiger partial charge on any atom is 0.276 e. The third-order valence-corrected chi connectivity index (χ3v) is 4.50. The van der Waals surface area contributed by atoms with E-state index < -0.39 is 0 Å². The smallest absolute Gasteiger partial charge is 0.276 e. The van der Waals surface area contributed by atoms with Crippen LogP contribution >= 0.6 is 0 Å². The summed E-state index contributed by atoms with van der Waals surface area (Å²) in [6.45, 7) is 2.43. The first-order valence-corrected chi connectivity index (χ1v) is 9.37. The highest BCUT2D eigenvalue weighted by Gasteiger charge is 2.12. The second-order valence-corrected chi connectivity index (χ2v) is 6.75. The molecule has 30 heavy (non-hydrogen) atoms. The van der Waals surface area contributed by atoms with Crippen molar-refractivity contribution in [1.29, 1.82) is 0 Å². The van der Waals surface area contributed by atoms with Gasteiger partial charge >= 0.3 is 0 Å². The Morgan fingerprint density at radius 3 is 2.73 bits per heavy atom. The molecular formula is C22H20FN5O2. The first-order valence-electron chi connectivity index (χ1n) is 9.37. The topological polar surface area (TPSA) is 74.0 Å². The molecule has 0 saturated carbocycles. The molecule has 0 saturated heterocycles. The Hall–Kier alpha value is -3.94. The summed E-state index contributed by atoms with van der Waals surface area (Å²) in [6.07, 6.45) is 4.83. The number of aryl methyl sites for hydroxylation is 1. The van der Waals surface area contributed by atoms with Gasteiger partial charge in [-0.05, 0) is 30.7 Å². The number of amides is 1. The van der Waals surface area contributed by atoms with Crippen molar-refractivity contribution < 1.29 is 13.9 Å². The summed E-state index contributed by atoms with van der Waals surface area (Å²) in [4.78, 5) is 12.5. The van der Waals surface area contributed by atoms with Gasteiger partial charge in [-0.25, -0.2) is 9.07 Å². The summed E-state index contributed by atoms with van der Waals surface area (Å²) in [7, 11) is 0. The number of anilines is 1. The van der Waals surface area contributed by atoms with Crippen LogP contribution in [0.4, 0.5) is 10.1 Å². The van der Waals surface area contributed by atoms with Crippen LogP contribution in [0.2, 0.25) is 0 Å². The third-order valence-electron chi connectivity index (χ3n) is 4.50. The second-order valence-electron chi connectivity index (χ2n) is 6.75.